The molecule has 0 aromatic heterocycles. The Kier molecular flexibility index (Phi) is 4.99. The molecule has 1 rings (SSSR count). The van der Waals surface area contributed by atoms with Crippen LogP contribution in [0.1, 0.15) is 35.3 Å². The van der Waals surface area contributed by atoms with Gasteiger partial charge in [0.2, 0.25) is 0 Å². The number of Topliss-reactive ketones (excluding diaryl/α,β-unsaturated/α-hetero) is 1. The van der Waals surface area contributed by atoms with Gasteiger partial charge in [-0.2, -0.15) is 0 Å². The molecular weight excluding hydrogens is 232 g/mol. The standard InChI is InChI=1S/C14H14O2S/c1-10-9-14(11(2)15)7-6-13(10)5-4-8-17-12(3)16/h6-7,9H,8H2,1-3H3. The van der Waals surface area contributed by atoms with Crippen LogP contribution in [0, 0.1) is 18.8 Å². The largest absolute Gasteiger partial charge is 0.295 e. The molecule has 0 fully saturated rings. The Hall–Kier alpha value is -1.53. The maximum Gasteiger partial charge on any atom is 0.186 e. The highest BCUT2D eigenvalue weighted by atomic mass is 32.2. The predicted octanol–water partition coefficient (Wildman–Crippen LogP) is 2.83. The maximum absolute atomic E-state index is 11.2. The molecule has 0 atom stereocenters. The van der Waals surface area contributed by atoms with E-state index >= 15 is 0 Å². The summed E-state index contributed by atoms with van der Waals surface area (Å²) < 4.78 is 0. The van der Waals surface area contributed by atoms with Crippen LogP contribution in [0.3, 0.4) is 0 Å². The Balaban J connectivity index is 2.79. The lowest BCUT2D eigenvalue weighted by molar-refractivity contribution is -0.109. The highest BCUT2D eigenvalue weighted by Gasteiger charge is 2.01. The zero-order valence-corrected chi connectivity index (χ0v) is 11.0. The van der Waals surface area contributed by atoms with E-state index in [9.17, 15) is 9.59 Å². The third-order valence-electron chi connectivity index (χ3n) is 2.20. The first-order chi connectivity index (χ1) is 8.00. The fourth-order valence-corrected chi connectivity index (χ4v) is 1.64. The van der Waals surface area contributed by atoms with Crippen LogP contribution in [0.15, 0.2) is 18.2 Å². The Morgan fingerprint density at radius 2 is 2.00 bits per heavy atom. The zero-order chi connectivity index (χ0) is 12.8. The number of ketones is 1. The van der Waals surface area contributed by atoms with Gasteiger partial charge < -0.3 is 0 Å². The Bertz CT molecular complexity index is 507. The van der Waals surface area contributed by atoms with Crippen molar-refractivity contribution < 1.29 is 9.59 Å². The average Bonchev–Trinajstić information content (AvgIpc) is 2.25. The van der Waals surface area contributed by atoms with Crippen molar-refractivity contribution >= 4 is 22.7 Å². The number of carbonyl (C=O) groups is 2. The molecule has 0 aliphatic carbocycles. The molecule has 88 valence electrons. The number of carbonyl (C=O) groups excluding carboxylic acids is 2. The molecule has 0 aliphatic rings. The molecule has 0 bridgehead atoms. The van der Waals surface area contributed by atoms with E-state index in [1.165, 1.54) is 18.7 Å². The first-order valence-electron chi connectivity index (χ1n) is 5.24. The van der Waals surface area contributed by atoms with Crippen LogP contribution in [-0.2, 0) is 4.79 Å². The second kappa shape index (κ2) is 6.27. The van der Waals surface area contributed by atoms with E-state index in [2.05, 4.69) is 11.8 Å². The summed E-state index contributed by atoms with van der Waals surface area (Å²) in [5.41, 5.74) is 2.59. The summed E-state index contributed by atoms with van der Waals surface area (Å²) in [4.78, 5) is 21.9. The third kappa shape index (κ3) is 4.46. The van der Waals surface area contributed by atoms with Crippen LogP contribution < -0.4 is 0 Å². The lowest BCUT2D eigenvalue weighted by Gasteiger charge is -2.00. The van der Waals surface area contributed by atoms with Crippen LogP contribution in [-0.4, -0.2) is 16.7 Å². The van der Waals surface area contributed by atoms with Crippen molar-refractivity contribution in [3.05, 3.63) is 34.9 Å². The minimum atomic E-state index is 0.0553. The van der Waals surface area contributed by atoms with E-state index in [0.29, 0.717) is 11.3 Å². The SMILES string of the molecule is CC(=O)SCC#Cc1ccc(C(C)=O)cc1C. The number of rotatable bonds is 2. The first-order valence-corrected chi connectivity index (χ1v) is 6.23. The lowest BCUT2D eigenvalue weighted by Crippen LogP contribution is -1.94. The molecule has 0 aliphatic heterocycles. The van der Waals surface area contributed by atoms with Crippen molar-refractivity contribution in [2.45, 2.75) is 20.8 Å². The zero-order valence-electron chi connectivity index (χ0n) is 10.2. The fourth-order valence-electron chi connectivity index (χ4n) is 1.29. The van der Waals surface area contributed by atoms with Gasteiger partial charge in [0.1, 0.15) is 0 Å². The van der Waals surface area contributed by atoms with Gasteiger partial charge in [-0.05, 0) is 31.5 Å². The molecule has 0 unspecified atom stereocenters. The van der Waals surface area contributed by atoms with Gasteiger partial charge in [0.25, 0.3) is 0 Å². The quantitative estimate of drug-likeness (QED) is 0.594. The van der Waals surface area contributed by atoms with Gasteiger partial charge in [0.05, 0.1) is 5.75 Å². The minimum Gasteiger partial charge on any atom is -0.295 e. The Labute approximate surface area is 106 Å². The minimum absolute atomic E-state index is 0.0553. The maximum atomic E-state index is 11.2. The van der Waals surface area contributed by atoms with Crippen LogP contribution in [0.2, 0.25) is 0 Å². The van der Waals surface area contributed by atoms with Gasteiger partial charge in [0.15, 0.2) is 10.9 Å². The summed E-state index contributed by atoms with van der Waals surface area (Å²) in [5, 5.41) is 0.0722. The van der Waals surface area contributed by atoms with Gasteiger partial charge in [-0.15, -0.1) is 0 Å². The molecule has 3 heteroatoms. The number of hydrogen-bond acceptors (Lipinski definition) is 3. The number of thioether (sulfide) groups is 1. The van der Waals surface area contributed by atoms with E-state index in [0.717, 1.165) is 11.1 Å². The van der Waals surface area contributed by atoms with Gasteiger partial charge >= 0.3 is 0 Å². The molecule has 1 aromatic rings. The Morgan fingerprint density at radius 3 is 2.53 bits per heavy atom. The molecule has 0 spiro atoms. The van der Waals surface area contributed by atoms with E-state index < -0.39 is 0 Å². The van der Waals surface area contributed by atoms with Crippen LogP contribution in [0.5, 0.6) is 0 Å². The van der Waals surface area contributed by atoms with Crippen molar-refractivity contribution in [3.8, 4) is 11.8 Å². The lowest BCUT2D eigenvalue weighted by atomic mass is 10.0. The van der Waals surface area contributed by atoms with Crippen molar-refractivity contribution in [2.75, 3.05) is 5.75 Å². The molecule has 0 saturated heterocycles. The van der Waals surface area contributed by atoms with Crippen LogP contribution in [0.4, 0.5) is 0 Å². The molecule has 0 amide bonds. The van der Waals surface area contributed by atoms with E-state index in [4.69, 9.17) is 0 Å². The predicted molar refractivity (Wildman–Crippen MR) is 71.2 cm³/mol. The van der Waals surface area contributed by atoms with Crippen LogP contribution >= 0.6 is 11.8 Å². The van der Waals surface area contributed by atoms with Gasteiger partial charge in [-0.3, -0.25) is 9.59 Å². The smallest absolute Gasteiger partial charge is 0.186 e. The summed E-state index contributed by atoms with van der Waals surface area (Å²) in [5.74, 6) is 6.49. The molecule has 0 saturated carbocycles. The van der Waals surface area contributed by atoms with Gasteiger partial charge in [-0.1, -0.05) is 29.7 Å². The van der Waals surface area contributed by atoms with E-state index in [1.54, 1.807) is 13.0 Å². The topological polar surface area (TPSA) is 34.1 Å². The second-order valence-corrected chi connectivity index (χ2v) is 4.82. The molecule has 17 heavy (non-hydrogen) atoms. The second-order valence-electron chi connectivity index (χ2n) is 3.67. The van der Waals surface area contributed by atoms with Crippen molar-refractivity contribution in [1.29, 1.82) is 0 Å². The highest BCUT2D eigenvalue weighted by molar-refractivity contribution is 8.13. The van der Waals surface area contributed by atoms with Crippen molar-refractivity contribution in [2.24, 2.45) is 0 Å². The average molecular weight is 246 g/mol. The van der Waals surface area contributed by atoms with E-state index in [1.807, 2.05) is 19.1 Å². The Morgan fingerprint density at radius 1 is 1.29 bits per heavy atom. The van der Waals surface area contributed by atoms with Crippen molar-refractivity contribution in [3.63, 3.8) is 0 Å². The number of aryl methyl sites for hydroxylation is 1. The summed E-state index contributed by atoms with van der Waals surface area (Å²) in [6.07, 6.45) is 0. The number of benzene rings is 1. The fraction of sp³-hybridized carbons (Fsp3) is 0.286. The first kappa shape index (κ1) is 13.5. The number of hydrogen-bond donors (Lipinski definition) is 0. The molecule has 0 radical (unpaired) electrons. The summed E-state index contributed by atoms with van der Waals surface area (Å²) in [6, 6.07) is 5.46. The summed E-state index contributed by atoms with van der Waals surface area (Å²) in [6.45, 7) is 5.00. The van der Waals surface area contributed by atoms with Gasteiger partial charge in [-0.25, -0.2) is 0 Å². The van der Waals surface area contributed by atoms with E-state index in [-0.39, 0.29) is 10.9 Å². The van der Waals surface area contributed by atoms with Crippen LogP contribution in [0.25, 0.3) is 0 Å². The van der Waals surface area contributed by atoms with Gasteiger partial charge in [0, 0.05) is 18.1 Å². The van der Waals surface area contributed by atoms with Crippen molar-refractivity contribution in [1.82, 2.24) is 0 Å². The third-order valence-corrected chi connectivity index (χ3v) is 2.90. The summed E-state index contributed by atoms with van der Waals surface area (Å²) >= 11 is 1.20. The molecular formula is C14H14O2S. The monoisotopic (exact) mass is 246 g/mol. The molecule has 0 N–H and O–H groups in total. The molecule has 1 aromatic carbocycles. The highest BCUT2D eigenvalue weighted by Crippen LogP contribution is 2.10. The molecule has 0 heterocycles. The normalized spacial score (nSPS) is 9.35. The summed E-state index contributed by atoms with van der Waals surface area (Å²) in [7, 11) is 0. The molecule has 2 nitrogen and oxygen atoms in total.